The number of fused-ring (bicyclic) bond motifs is 1. The number of hydrogen-bond acceptors (Lipinski definition) is 2. The summed E-state index contributed by atoms with van der Waals surface area (Å²) in [4.78, 5) is 12.4. The highest BCUT2D eigenvalue weighted by Crippen LogP contribution is 2.28. The molecule has 1 aliphatic heterocycles. The van der Waals surface area contributed by atoms with Crippen molar-refractivity contribution < 1.29 is 9.53 Å². The van der Waals surface area contributed by atoms with Gasteiger partial charge in [-0.1, -0.05) is 42.0 Å². The van der Waals surface area contributed by atoms with Gasteiger partial charge in [0.15, 0.2) is 6.10 Å². The smallest absolute Gasteiger partial charge is 0.258 e. The van der Waals surface area contributed by atoms with Crippen LogP contribution in [-0.4, -0.2) is 12.5 Å². The largest absolute Gasteiger partial charge is 0.363 e. The topological polar surface area (TPSA) is 38.3 Å². The highest BCUT2D eigenvalue weighted by molar-refractivity contribution is 5.95. The molecule has 2 aromatic rings. The molecule has 1 N–H and O–H groups in total. The maximum atomic E-state index is 12.4. The summed E-state index contributed by atoms with van der Waals surface area (Å²) in [6, 6.07) is 15.7. The Labute approximate surface area is 118 Å². The van der Waals surface area contributed by atoms with Crippen molar-refractivity contribution in [1.29, 1.82) is 0 Å². The molecule has 0 bridgehead atoms. The number of carbonyl (C=O) groups is 1. The summed E-state index contributed by atoms with van der Waals surface area (Å²) in [7, 11) is 0. The molecule has 0 fully saturated rings. The quantitative estimate of drug-likeness (QED) is 0.907. The lowest BCUT2D eigenvalue weighted by atomic mass is 9.97. The third kappa shape index (κ3) is 2.58. The molecule has 1 atom stereocenters. The van der Waals surface area contributed by atoms with Gasteiger partial charge in [-0.2, -0.15) is 0 Å². The molecular weight excluding hydrogens is 250 g/mol. The number of ether oxygens (including phenoxy) is 1. The molecule has 0 spiro atoms. The summed E-state index contributed by atoms with van der Waals surface area (Å²) < 4.78 is 5.65. The summed E-state index contributed by atoms with van der Waals surface area (Å²) in [6.45, 7) is 2.61. The number of carbonyl (C=O) groups excluding carboxylic acids is 1. The van der Waals surface area contributed by atoms with E-state index in [1.807, 2.05) is 49.4 Å². The van der Waals surface area contributed by atoms with Crippen molar-refractivity contribution in [2.75, 3.05) is 11.9 Å². The van der Waals surface area contributed by atoms with Gasteiger partial charge in [-0.3, -0.25) is 4.79 Å². The van der Waals surface area contributed by atoms with Crippen LogP contribution in [0.2, 0.25) is 0 Å². The normalized spacial score (nSPS) is 17.4. The molecule has 0 aliphatic carbocycles. The summed E-state index contributed by atoms with van der Waals surface area (Å²) in [5.74, 6) is -0.110. The molecule has 20 heavy (non-hydrogen) atoms. The van der Waals surface area contributed by atoms with Gasteiger partial charge in [0.2, 0.25) is 0 Å². The molecule has 0 unspecified atom stereocenters. The van der Waals surface area contributed by atoms with Gasteiger partial charge < -0.3 is 10.1 Å². The second-order valence-electron chi connectivity index (χ2n) is 5.05. The molecule has 3 nitrogen and oxygen atoms in total. The lowest BCUT2D eigenvalue weighted by molar-refractivity contribution is -0.128. The van der Waals surface area contributed by atoms with Crippen molar-refractivity contribution in [3.05, 3.63) is 65.2 Å². The van der Waals surface area contributed by atoms with Crippen molar-refractivity contribution in [1.82, 2.24) is 0 Å². The number of benzene rings is 2. The van der Waals surface area contributed by atoms with Gasteiger partial charge >= 0.3 is 0 Å². The number of nitrogens with one attached hydrogen (secondary N) is 1. The highest BCUT2D eigenvalue weighted by atomic mass is 16.5. The molecule has 0 aromatic heterocycles. The lowest BCUT2D eigenvalue weighted by Crippen LogP contribution is -2.28. The third-order valence-electron chi connectivity index (χ3n) is 3.55. The first-order valence-electron chi connectivity index (χ1n) is 6.81. The number of anilines is 1. The van der Waals surface area contributed by atoms with E-state index >= 15 is 0 Å². The molecule has 0 saturated carbocycles. The van der Waals surface area contributed by atoms with Gasteiger partial charge in [0.05, 0.1) is 6.61 Å². The fraction of sp³-hybridized carbons (Fsp3) is 0.235. The van der Waals surface area contributed by atoms with Gasteiger partial charge in [0.25, 0.3) is 5.91 Å². The van der Waals surface area contributed by atoms with Crippen LogP contribution >= 0.6 is 0 Å². The zero-order valence-electron chi connectivity index (χ0n) is 11.4. The molecule has 1 amide bonds. The van der Waals surface area contributed by atoms with Crippen LogP contribution in [0.15, 0.2) is 48.5 Å². The van der Waals surface area contributed by atoms with Crippen LogP contribution in [0.1, 0.15) is 22.8 Å². The van der Waals surface area contributed by atoms with Gasteiger partial charge in [-0.15, -0.1) is 0 Å². The van der Waals surface area contributed by atoms with E-state index < -0.39 is 6.10 Å². The fourth-order valence-corrected chi connectivity index (χ4v) is 2.46. The molecule has 1 heterocycles. The summed E-state index contributed by atoms with van der Waals surface area (Å²) in [6.07, 6.45) is 0.353. The molecule has 0 saturated heterocycles. The van der Waals surface area contributed by atoms with Crippen LogP contribution in [0, 0.1) is 6.92 Å². The van der Waals surface area contributed by atoms with Crippen LogP contribution in [0.3, 0.4) is 0 Å². The van der Waals surface area contributed by atoms with E-state index in [0.29, 0.717) is 6.61 Å². The fourth-order valence-electron chi connectivity index (χ4n) is 2.46. The van der Waals surface area contributed by atoms with E-state index in [1.54, 1.807) is 0 Å². The van der Waals surface area contributed by atoms with Crippen molar-refractivity contribution in [3.8, 4) is 0 Å². The second-order valence-corrected chi connectivity index (χ2v) is 5.05. The molecule has 3 rings (SSSR count). The average molecular weight is 267 g/mol. The Hall–Kier alpha value is -2.13. The van der Waals surface area contributed by atoms with Crippen molar-refractivity contribution in [2.24, 2.45) is 0 Å². The van der Waals surface area contributed by atoms with Crippen molar-refractivity contribution >= 4 is 11.6 Å². The minimum absolute atomic E-state index is 0.110. The number of rotatable bonds is 2. The number of amides is 1. The maximum absolute atomic E-state index is 12.4. The Morgan fingerprint density at radius 2 is 1.90 bits per heavy atom. The zero-order chi connectivity index (χ0) is 13.9. The van der Waals surface area contributed by atoms with E-state index in [4.69, 9.17) is 4.74 Å². The monoisotopic (exact) mass is 267 g/mol. The van der Waals surface area contributed by atoms with E-state index in [2.05, 4.69) is 11.4 Å². The second kappa shape index (κ2) is 5.47. The molecule has 1 aliphatic rings. The third-order valence-corrected chi connectivity index (χ3v) is 3.55. The first-order valence-corrected chi connectivity index (χ1v) is 6.81. The van der Waals surface area contributed by atoms with Crippen LogP contribution in [0.25, 0.3) is 0 Å². The first kappa shape index (κ1) is 12.9. The van der Waals surface area contributed by atoms with Crippen LogP contribution in [0.4, 0.5) is 5.69 Å². The van der Waals surface area contributed by atoms with Gasteiger partial charge in [-0.05, 0) is 36.6 Å². The standard InChI is InChI=1S/C17H17NO2/c1-12-6-8-14(9-7-12)18-17(19)16-15-5-3-2-4-13(15)10-11-20-16/h2-9,16H,10-11H2,1H3,(H,18,19)/t16-/m1/s1. The van der Waals surface area contributed by atoms with Crippen LogP contribution < -0.4 is 5.32 Å². The Balaban J connectivity index is 1.80. The minimum Gasteiger partial charge on any atom is -0.363 e. The van der Waals surface area contributed by atoms with Gasteiger partial charge in [-0.25, -0.2) is 0 Å². The molecular formula is C17H17NO2. The lowest BCUT2D eigenvalue weighted by Gasteiger charge is -2.25. The summed E-state index contributed by atoms with van der Waals surface area (Å²) in [5, 5.41) is 2.92. The number of aryl methyl sites for hydroxylation is 1. The summed E-state index contributed by atoms with van der Waals surface area (Å²) in [5.41, 5.74) is 4.14. The van der Waals surface area contributed by atoms with E-state index in [1.165, 1.54) is 11.1 Å². The zero-order valence-corrected chi connectivity index (χ0v) is 11.4. The predicted molar refractivity (Wildman–Crippen MR) is 78.6 cm³/mol. The van der Waals surface area contributed by atoms with E-state index in [0.717, 1.165) is 17.7 Å². The molecule has 0 radical (unpaired) electrons. The molecule has 102 valence electrons. The Kier molecular flexibility index (Phi) is 3.52. The number of hydrogen-bond donors (Lipinski definition) is 1. The molecule has 3 heteroatoms. The maximum Gasteiger partial charge on any atom is 0.258 e. The Morgan fingerprint density at radius 3 is 2.70 bits per heavy atom. The van der Waals surface area contributed by atoms with Crippen molar-refractivity contribution in [3.63, 3.8) is 0 Å². The summed E-state index contributed by atoms with van der Waals surface area (Å²) >= 11 is 0. The Morgan fingerprint density at radius 1 is 1.15 bits per heavy atom. The average Bonchev–Trinajstić information content (AvgIpc) is 2.49. The van der Waals surface area contributed by atoms with Crippen LogP contribution in [0.5, 0.6) is 0 Å². The SMILES string of the molecule is Cc1ccc(NC(=O)[C@@H]2OCCc3ccccc32)cc1. The predicted octanol–water partition coefficient (Wildman–Crippen LogP) is 3.25. The van der Waals surface area contributed by atoms with Gasteiger partial charge in [0.1, 0.15) is 0 Å². The highest BCUT2D eigenvalue weighted by Gasteiger charge is 2.27. The van der Waals surface area contributed by atoms with E-state index in [9.17, 15) is 4.79 Å². The van der Waals surface area contributed by atoms with E-state index in [-0.39, 0.29) is 5.91 Å². The Bertz CT molecular complexity index is 619. The molecule has 2 aromatic carbocycles. The minimum atomic E-state index is -0.513. The first-order chi connectivity index (χ1) is 9.74. The van der Waals surface area contributed by atoms with Crippen molar-refractivity contribution in [2.45, 2.75) is 19.4 Å². The van der Waals surface area contributed by atoms with Crippen LogP contribution in [-0.2, 0) is 16.0 Å². The van der Waals surface area contributed by atoms with Gasteiger partial charge in [0, 0.05) is 5.69 Å².